The van der Waals surface area contributed by atoms with Crippen LogP contribution in [-0.2, 0) is 9.59 Å². The Morgan fingerprint density at radius 3 is 2.58 bits per heavy atom. The third kappa shape index (κ3) is 1.82. The van der Waals surface area contributed by atoms with Gasteiger partial charge in [-0.05, 0) is 72.0 Å². The molecule has 4 rings (SSSR count). The Hall–Kier alpha value is -1.25. The van der Waals surface area contributed by atoms with E-state index in [1.807, 2.05) is 13.0 Å². The second-order valence-corrected chi connectivity index (χ2v) is 9.07. The number of allylic oxidation sites excluding steroid dienone is 2. The maximum Gasteiger partial charge on any atom is 0.173 e. The summed E-state index contributed by atoms with van der Waals surface area (Å²) in [5, 5.41) is 0. The summed E-state index contributed by atoms with van der Waals surface area (Å²) in [5.74, 6) is 1.08. The van der Waals surface area contributed by atoms with Gasteiger partial charge in [0, 0.05) is 11.8 Å². The van der Waals surface area contributed by atoms with E-state index >= 15 is 0 Å². The molecule has 4 aliphatic rings. The summed E-state index contributed by atoms with van der Waals surface area (Å²) in [7, 11) is 0. The highest BCUT2D eigenvalue weighted by Gasteiger charge is 2.63. The molecule has 0 saturated heterocycles. The molecule has 0 N–H and O–H groups in total. The summed E-state index contributed by atoms with van der Waals surface area (Å²) in [6.07, 6.45) is 4.10. The van der Waals surface area contributed by atoms with Crippen molar-refractivity contribution >= 4 is 11.6 Å². The van der Waals surface area contributed by atoms with Crippen LogP contribution in [0.4, 0.5) is 4.39 Å². The average molecular weight is 330 g/mol. The van der Waals surface area contributed by atoms with Gasteiger partial charge in [0.1, 0.15) is 0 Å². The molecule has 24 heavy (non-hydrogen) atoms. The lowest BCUT2D eigenvalue weighted by Gasteiger charge is -2.59. The molecule has 0 aromatic heterocycles. The van der Waals surface area contributed by atoms with Crippen molar-refractivity contribution in [2.75, 3.05) is 0 Å². The molecule has 0 heterocycles. The molecular weight excluding hydrogens is 303 g/mol. The molecule has 0 aromatic carbocycles. The zero-order chi connectivity index (χ0) is 17.4. The second-order valence-electron chi connectivity index (χ2n) is 9.07. The van der Waals surface area contributed by atoms with Crippen molar-refractivity contribution in [1.29, 1.82) is 0 Å². The van der Waals surface area contributed by atoms with Crippen molar-refractivity contribution in [3.63, 3.8) is 0 Å². The van der Waals surface area contributed by atoms with E-state index in [1.165, 1.54) is 0 Å². The summed E-state index contributed by atoms with van der Waals surface area (Å²) in [6.45, 7) is 10.8. The van der Waals surface area contributed by atoms with Crippen molar-refractivity contribution < 1.29 is 14.0 Å². The minimum absolute atomic E-state index is 0.0407. The van der Waals surface area contributed by atoms with Crippen molar-refractivity contribution in [2.45, 2.75) is 59.0 Å². The van der Waals surface area contributed by atoms with E-state index in [1.54, 1.807) is 0 Å². The first-order valence-electron chi connectivity index (χ1n) is 9.32. The van der Waals surface area contributed by atoms with Gasteiger partial charge < -0.3 is 0 Å². The first-order valence-corrected chi connectivity index (χ1v) is 9.32. The van der Waals surface area contributed by atoms with Gasteiger partial charge in [-0.2, -0.15) is 0 Å². The van der Waals surface area contributed by atoms with Crippen LogP contribution in [0.5, 0.6) is 0 Å². The maximum absolute atomic E-state index is 14.3. The van der Waals surface area contributed by atoms with Crippen molar-refractivity contribution in [3.8, 4) is 0 Å². The molecule has 2 nitrogen and oxygen atoms in total. The predicted octanol–water partition coefficient (Wildman–Crippen LogP) is 4.45. The third-order valence-corrected chi connectivity index (χ3v) is 8.13. The van der Waals surface area contributed by atoms with E-state index in [2.05, 4.69) is 20.4 Å². The van der Waals surface area contributed by atoms with E-state index in [0.717, 1.165) is 30.4 Å². The highest BCUT2D eigenvalue weighted by molar-refractivity contribution is 5.93. The molecule has 0 radical (unpaired) electrons. The number of carbonyl (C=O) groups excluding carboxylic acids is 2. The van der Waals surface area contributed by atoms with Gasteiger partial charge >= 0.3 is 0 Å². The Bertz CT molecular complexity index is 677. The maximum atomic E-state index is 14.3. The third-order valence-electron chi connectivity index (χ3n) is 8.13. The molecule has 4 aliphatic carbocycles. The quantitative estimate of drug-likeness (QED) is 0.658. The topological polar surface area (TPSA) is 34.1 Å². The van der Waals surface area contributed by atoms with E-state index in [0.29, 0.717) is 24.7 Å². The fourth-order valence-corrected chi connectivity index (χ4v) is 6.63. The highest BCUT2D eigenvalue weighted by Crippen LogP contribution is 2.66. The Morgan fingerprint density at radius 2 is 1.88 bits per heavy atom. The monoisotopic (exact) mass is 330 g/mol. The summed E-state index contributed by atoms with van der Waals surface area (Å²) in [4.78, 5) is 24.5. The van der Waals surface area contributed by atoms with Gasteiger partial charge in [-0.1, -0.05) is 27.4 Å². The molecule has 3 saturated carbocycles. The molecule has 0 bridgehead atoms. The van der Waals surface area contributed by atoms with Crippen molar-refractivity contribution in [1.82, 2.24) is 0 Å². The number of rotatable bonds is 0. The smallest absolute Gasteiger partial charge is 0.173 e. The molecule has 3 heteroatoms. The number of hydrogen-bond donors (Lipinski definition) is 0. The first kappa shape index (κ1) is 16.2. The Labute approximate surface area is 143 Å². The van der Waals surface area contributed by atoms with Crippen LogP contribution >= 0.6 is 0 Å². The number of ketones is 2. The molecule has 0 aromatic rings. The van der Waals surface area contributed by atoms with Crippen molar-refractivity contribution in [3.05, 3.63) is 23.8 Å². The largest absolute Gasteiger partial charge is 0.296 e. The van der Waals surface area contributed by atoms with Crippen LogP contribution in [-0.4, -0.2) is 17.7 Å². The molecule has 0 spiro atoms. The van der Waals surface area contributed by atoms with Crippen LogP contribution in [0.3, 0.4) is 0 Å². The lowest BCUT2D eigenvalue weighted by Crippen LogP contribution is -2.53. The van der Waals surface area contributed by atoms with Gasteiger partial charge in [0.25, 0.3) is 0 Å². The number of carbonyl (C=O) groups is 2. The van der Waals surface area contributed by atoms with Crippen LogP contribution in [0, 0.1) is 34.5 Å². The fourth-order valence-electron chi connectivity index (χ4n) is 6.63. The van der Waals surface area contributed by atoms with Crippen LogP contribution in [0.15, 0.2) is 23.8 Å². The lowest BCUT2D eigenvalue weighted by molar-refractivity contribution is -0.135. The van der Waals surface area contributed by atoms with Gasteiger partial charge in [0.2, 0.25) is 0 Å². The minimum atomic E-state index is -1.29. The summed E-state index contributed by atoms with van der Waals surface area (Å²) in [6, 6.07) is 0. The SMILES string of the molecule is C=C1C2=CC(=O)CC[C@]2(C)[C@H]2CC[C@]3(C)C(=O)[C@@H](F)C[C@H]3[C@@H]2[C@@H]1C. The van der Waals surface area contributed by atoms with Crippen LogP contribution in [0.2, 0.25) is 0 Å². The average Bonchev–Trinajstić information content (AvgIpc) is 2.77. The van der Waals surface area contributed by atoms with Crippen molar-refractivity contribution in [2.24, 2.45) is 34.5 Å². The standard InChI is InChI=1S/C21H27FO2/c1-11-12(2)18-14(20(3)7-5-13(23)9-15(11)20)6-8-21(4)16(18)10-17(22)19(21)24/h9,12,14,16-18H,1,5-8,10H2,2-4H3/t12-,14+,16+,17+,18-,20-,21+/m1/s1. The molecule has 0 aliphatic heterocycles. The summed E-state index contributed by atoms with van der Waals surface area (Å²) < 4.78 is 14.3. The zero-order valence-corrected chi connectivity index (χ0v) is 14.9. The van der Waals surface area contributed by atoms with Gasteiger partial charge in [-0.15, -0.1) is 0 Å². The lowest BCUT2D eigenvalue weighted by atomic mass is 9.44. The number of alkyl halides is 1. The minimum Gasteiger partial charge on any atom is -0.296 e. The summed E-state index contributed by atoms with van der Waals surface area (Å²) in [5.41, 5.74) is 1.64. The van der Waals surface area contributed by atoms with Gasteiger partial charge in [-0.3, -0.25) is 9.59 Å². The highest BCUT2D eigenvalue weighted by atomic mass is 19.1. The van der Waals surface area contributed by atoms with E-state index in [4.69, 9.17) is 0 Å². The number of hydrogen-bond acceptors (Lipinski definition) is 2. The normalized spacial score (nSPS) is 50.9. The molecule has 130 valence electrons. The van der Waals surface area contributed by atoms with E-state index in [-0.39, 0.29) is 28.8 Å². The van der Waals surface area contributed by atoms with Crippen LogP contribution in [0.25, 0.3) is 0 Å². The fraction of sp³-hybridized carbons (Fsp3) is 0.714. The number of fused-ring (bicyclic) bond motifs is 5. The predicted molar refractivity (Wildman–Crippen MR) is 91.1 cm³/mol. The molecule has 0 amide bonds. The Kier molecular flexibility index (Phi) is 3.31. The van der Waals surface area contributed by atoms with Gasteiger partial charge in [0.05, 0.1) is 0 Å². The molecular formula is C21H27FO2. The Morgan fingerprint density at radius 1 is 1.17 bits per heavy atom. The van der Waals surface area contributed by atoms with Crippen LogP contribution in [0.1, 0.15) is 52.9 Å². The van der Waals surface area contributed by atoms with E-state index in [9.17, 15) is 14.0 Å². The first-order chi connectivity index (χ1) is 11.2. The van der Waals surface area contributed by atoms with Crippen LogP contribution < -0.4 is 0 Å². The zero-order valence-electron chi connectivity index (χ0n) is 14.9. The molecule has 7 atom stereocenters. The molecule has 3 fully saturated rings. The van der Waals surface area contributed by atoms with E-state index < -0.39 is 11.6 Å². The molecule has 0 unspecified atom stereocenters. The second kappa shape index (κ2) is 4.89. The summed E-state index contributed by atoms with van der Waals surface area (Å²) >= 11 is 0. The van der Waals surface area contributed by atoms with Gasteiger partial charge in [-0.25, -0.2) is 4.39 Å². The number of halogens is 1. The number of Topliss-reactive ketones (excluding diaryl/α,β-unsaturated/α-hetero) is 1. The van der Waals surface area contributed by atoms with Gasteiger partial charge in [0.15, 0.2) is 17.7 Å². The Balaban J connectivity index is 1.81.